The zero-order valence-corrected chi connectivity index (χ0v) is 14.2. The molecule has 23 heavy (non-hydrogen) atoms. The zero-order valence-electron chi connectivity index (χ0n) is 13.4. The van der Waals surface area contributed by atoms with E-state index in [0.717, 1.165) is 36.5 Å². The largest absolute Gasteiger partial charge is 0.508 e. The minimum atomic E-state index is 0.322. The van der Waals surface area contributed by atoms with Crippen LogP contribution in [0.4, 0.5) is 0 Å². The van der Waals surface area contributed by atoms with Crippen molar-refractivity contribution in [3.05, 3.63) is 35.9 Å². The summed E-state index contributed by atoms with van der Waals surface area (Å²) in [6.45, 7) is 1.85. The van der Waals surface area contributed by atoms with Gasteiger partial charge in [-0.2, -0.15) is 0 Å². The van der Waals surface area contributed by atoms with Gasteiger partial charge in [-0.1, -0.05) is 24.6 Å². The first-order valence-electron chi connectivity index (χ1n) is 8.73. The molecule has 1 aliphatic heterocycles. The molecule has 3 aliphatic rings. The van der Waals surface area contributed by atoms with Crippen LogP contribution in [0.3, 0.4) is 0 Å². The Morgan fingerprint density at radius 2 is 2.00 bits per heavy atom. The van der Waals surface area contributed by atoms with Crippen LogP contribution in [0.25, 0.3) is 5.57 Å². The maximum atomic E-state index is 9.40. The van der Waals surface area contributed by atoms with Gasteiger partial charge in [0.25, 0.3) is 0 Å². The van der Waals surface area contributed by atoms with Gasteiger partial charge in [0.1, 0.15) is 5.75 Å². The second-order valence-electron chi connectivity index (χ2n) is 7.20. The fraction of sp³-hybridized carbons (Fsp3) is 0.526. The van der Waals surface area contributed by atoms with Crippen molar-refractivity contribution in [1.29, 1.82) is 0 Å². The van der Waals surface area contributed by atoms with Crippen LogP contribution in [0.2, 0.25) is 0 Å². The van der Waals surface area contributed by atoms with Crippen LogP contribution in [0, 0.1) is 11.8 Å². The summed E-state index contributed by atoms with van der Waals surface area (Å²) in [5, 5.41) is 14.0. The molecule has 1 aromatic rings. The Balaban J connectivity index is 1.35. The van der Waals surface area contributed by atoms with Gasteiger partial charge in [-0.05, 0) is 73.0 Å². The number of phenols is 1. The lowest BCUT2D eigenvalue weighted by Crippen LogP contribution is -2.47. The lowest BCUT2D eigenvalue weighted by atomic mass is 9.95. The van der Waals surface area contributed by atoms with Crippen LogP contribution in [0.1, 0.15) is 37.7 Å². The summed E-state index contributed by atoms with van der Waals surface area (Å²) in [5.41, 5.74) is 2.55. The number of nitrogens with one attached hydrogen (secondary N) is 1. The van der Waals surface area contributed by atoms with E-state index in [1.807, 2.05) is 12.1 Å². The number of hydrogen-bond acceptors (Lipinski definition) is 2. The summed E-state index contributed by atoms with van der Waals surface area (Å²) < 4.78 is 0. The summed E-state index contributed by atoms with van der Waals surface area (Å²) >= 11 is 5.65. The normalized spacial score (nSPS) is 29.5. The highest BCUT2D eigenvalue weighted by Crippen LogP contribution is 2.44. The van der Waals surface area contributed by atoms with Crippen LogP contribution >= 0.6 is 12.2 Å². The molecule has 0 spiro atoms. The molecule has 1 aromatic carbocycles. The van der Waals surface area contributed by atoms with E-state index in [4.69, 9.17) is 12.2 Å². The minimum Gasteiger partial charge on any atom is -0.508 e. The van der Waals surface area contributed by atoms with Crippen molar-refractivity contribution in [2.75, 3.05) is 13.1 Å². The van der Waals surface area contributed by atoms with Crippen LogP contribution < -0.4 is 5.32 Å². The summed E-state index contributed by atoms with van der Waals surface area (Å²) in [5.74, 6) is 2.12. The fourth-order valence-corrected chi connectivity index (χ4v) is 4.78. The quantitative estimate of drug-likeness (QED) is 0.814. The van der Waals surface area contributed by atoms with E-state index < -0.39 is 0 Å². The van der Waals surface area contributed by atoms with Crippen molar-refractivity contribution in [2.24, 2.45) is 11.8 Å². The Bertz CT molecular complexity index is 625. The van der Waals surface area contributed by atoms with Gasteiger partial charge >= 0.3 is 0 Å². The maximum Gasteiger partial charge on any atom is 0.169 e. The Hall–Kier alpha value is -1.55. The van der Waals surface area contributed by atoms with E-state index in [1.165, 1.54) is 36.8 Å². The molecule has 0 amide bonds. The van der Waals surface area contributed by atoms with Gasteiger partial charge in [0, 0.05) is 19.1 Å². The van der Waals surface area contributed by atoms with E-state index in [0.29, 0.717) is 11.8 Å². The Labute approximate surface area is 143 Å². The van der Waals surface area contributed by atoms with Gasteiger partial charge in [0.15, 0.2) is 5.11 Å². The SMILES string of the molecule is Oc1ccc(C2=CCN(C(=S)NC3CC4CCC3C4)CC2)cc1. The number of aromatic hydroxyl groups is 1. The van der Waals surface area contributed by atoms with E-state index in [1.54, 1.807) is 12.1 Å². The zero-order chi connectivity index (χ0) is 15.8. The molecular formula is C19H24N2OS. The third-order valence-corrected chi connectivity index (χ3v) is 6.16. The van der Waals surface area contributed by atoms with Gasteiger partial charge < -0.3 is 15.3 Å². The summed E-state index contributed by atoms with van der Waals surface area (Å²) in [6, 6.07) is 8.10. The first kappa shape index (κ1) is 15.0. The smallest absolute Gasteiger partial charge is 0.169 e. The third-order valence-electron chi connectivity index (χ3n) is 5.78. The van der Waals surface area contributed by atoms with Gasteiger partial charge in [0.2, 0.25) is 0 Å². The molecule has 3 nitrogen and oxygen atoms in total. The number of benzene rings is 1. The van der Waals surface area contributed by atoms with Crippen LogP contribution in [-0.2, 0) is 0 Å². The lowest BCUT2D eigenvalue weighted by Gasteiger charge is -2.33. The van der Waals surface area contributed by atoms with Crippen molar-refractivity contribution < 1.29 is 5.11 Å². The first-order valence-corrected chi connectivity index (χ1v) is 9.14. The van der Waals surface area contributed by atoms with Gasteiger partial charge in [-0.25, -0.2) is 0 Å². The second kappa shape index (κ2) is 6.16. The number of phenolic OH excluding ortho intramolecular Hbond substituents is 1. The van der Waals surface area contributed by atoms with E-state index in [9.17, 15) is 5.11 Å². The number of rotatable bonds is 2. The van der Waals surface area contributed by atoms with Crippen molar-refractivity contribution in [1.82, 2.24) is 10.2 Å². The summed E-state index contributed by atoms with van der Waals surface area (Å²) in [6.07, 6.45) is 8.81. The van der Waals surface area contributed by atoms with E-state index >= 15 is 0 Å². The molecule has 3 atom stereocenters. The highest BCUT2D eigenvalue weighted by Gasteiger charge is 2.40. The molecule has 4 rings (SSSR count). The highest BCUT2D eigenvalue weighted by atomic mass is 32.1. The number of nitrogens with zero attached hydrogens (tertiary/aromatic N) is 1. The second-order valence-corrected chi connectivity index (χ2v) is 7.59. The molecular weight excluding hydrogens is 304 g/mol. The standard InChI is InChI=1S/C19H24N2OS/c22-17-5-3-14(4-6-17)15-7-9-21(10-8-15)19(23)20-18-12-13-1-2-16(18)11-13/h3-7,13,16,18,22H,1-2,8-12H2,(H,20,23). The molecule has 0 saturated heterocycles. The Morgan fingerprint density at radius 1 is 1.17 bits per heavy atom. The number of hydrogen-bond donors (Lipinski definition) is 2. The summed E-state index contributed by atoms with van der Waals surface area (Å²) in [4.78, 5) is 2.28. The number of fused-ring (bicyclic) bond motifs is 2. The molecule has 2 bridgehead atoms. The average molecular weight is 328 g/mol. The Morgan fingerprint density at radius 3 is 2.61 bits per heavy atom. The van der Waals surface area contributed by atoms with Crippen molar-refractivity contribution >= 4 is 22.9 Å². The fourth-order valence-electron chi connectivity index (χ4n) is 4.46. The molecule has 2 saturated carbocycles. The molecule has 3 unspecified atom stereocenters. The van der Waals surface area contributed by atoms with Gasteiger partial charge in [0.05, 0.1) is 0 Å². The van der Waals surface area contributed by atoms with Crippen molar-refractivity contribution in [2.45, 2.75) is 38.1 Å². The molecule has 2 aliphatic carbocycles. The third kappa shape index (κ3) is 3.09. The van der Waals surface area contributed by atoms with Crippen LogP contribution in [0.15, 0.2) is 30.3 Å². The van der Waals surface area contributed by atoms with Crippen molar-refractivity contribution in [3.63, 3.8) is 0 Å². The average Bonchev–Trinajstić information content (AvgIpc) is 3.18. The predicted octanol–water partition coefficient (Wildman–Crippen LogP) is 3.54. The summed E-state index contributed by atoms with van der Waals surface area (Å²) in [7, 11) is 0. The molecule has 0 radical (unpaired) electrons. The minimum absolute atomic E-state index is 0.322. The van der Waals surface area contributed by atoms with Crippen LogP contribution in [-0.4, -0.2) is 34.3 Å². The highest BCUT2D eigenvalue weighted by molar-refractivity contribution is 7.80. The molecule has 2 N–H and O–H groups in total. The van der Waals surface area contributed by atoms with E-state index in [-0.39, 0.29) is 0 Å². The van der Waals surface area contributed by atoms with Crippen LogP contribution in [0.5, 0.6) is 5.75 Å². The van der Waals surface area contributed by atoms with E-state index in [2.05, 4.69) is 16.3 Å². The van der Waals surface area contributed by atoms with Gasteiger partial charge in [-0.15, -0.1) is 0 Å². The van der Waals surface area contributed by atoms with Crippen molar-refractivity contribution in [3.8, 4) is 5.75 Å². The molecule has 122 valence electrons. The predicted molar refractivity (Wildman–Crippen MR) is 97.2 cm³/mol. The molecule has 4 heteroatoms. The molecule has 1 heterocycles. The molecule has 0 aromatic heterocycles. The number of thiocarbonyl (C=S) groups is 1. The lowest BCUT2D eigenvalue weighted by molar-refractivity contribution is 0.367. The topological polar surface area (TPSA) is 35.5 Å². The monoisotopic (exact) mass is 328 g/mol. The Kier molecular flexibility index (Phi) is 4.02. The maximum absolute atomic E-state index is 9.40. The van der Waals surface area contributed by atoms with Gasteiger partial charge in [-0.3, -0.25) is 0 Å². The first-order chi connectivity index (χ1) is 11.2. The molecule has 2 fully saturated rings.